The molecule has 0 N–H and O–H groups in total. The number of pyridine rings is 1. The molecule has 34 heavy (non-hydrogen) atoms. The van der Waals surface area contributed by atoms with E-state index in [2.05, 4.69) is 41.0 Å². The number of benzene rings is 1. The van der Waals surface area contributed by atoms with Crippen LogP contribution in [0.15, 0.2) is 47.6 Å². The Morgan fingerprint density at radius 1 is 0.941 bits per heavy atom. The van der Waals surface area contributed by atoms with Gasteiger partial charge in [-0.25, -0.2) is 19.9 Å². The maximum absolute atomic E-state index is 13.6. The minimum absolute atomic E-state index is 0.0539. The van der Waals surface area contributed by atoms with Gasteiger partial charge in [0.25, 0.3) is 0 Å². The summed E-state index contributed by atoms with van der Waals surface area (Å²) in [6.07, 6.45) is -6.36. The van der Waals surface area contributed by atoms with Gasteiger partial charge in [-0.15, -0.1) is 0 Å². The summed E-state index contributed by atoms with van der Waals surface area (Å²) in [5.41, 5.74) is -3.59. The van der Waals surface area contributed by atoms with Crippen LogP contribution in [-0.2, 0) is 12.4 Å². The average Bonchev–Trinajstić information content (AvgIpc) is 3.26. The van der Waals surface area contributed by atoms with Crippen molar-refractivity contribution in [2.75, 3.05) is 11.9 Å². The van der Waals surface area contributed by atoms with Crippen molar-refractivity contribution in [3.8, 4) is 5.82 Å². The van der Waals surface area contributed by atoms with Gasteiger partial charge in [0, 0.05) is 23.1 Å². The fourth-order valence-electron chi connectivity index (χ4n) is 3.38. The summed E-state index contributed by atoms with van der Waals surface area (Å²) in [5.74, 6) is 0.627. The van der Waals surface area contributed by atoms with Gasteiger partial charge in [-0.3, -0.25) is 0 Å². The molecule has 0 saturated heterocycles. The smallest absolute Gasteiger partial charge is 0.349 e. The second-order valence-corrected chi connectivity index (χ2v) is 8.18. The van der Waals surface area contributed by atoms with Crippen LogP contribution in [0.25, 0.3) is 16.7 Å². The zero-order valence-corrected chi connectivity index (χ0v) is 19.0. The van der Waals surface area contributed by atoms with E-state index < -0.39 is 40.4 Å². The lowest BCUT2D eigenvalue weighted by molar-refractivity contribution is -0.142. The Morgan fingerprint density at radius 2 is 1.68 bits per heavy atom. The zero-order valence-electron chi connectivity index (χ0n) is 17.4. The highest BCUT2D eigenvalue weighted by molar-refractivity contribution is 9.10. The van der Waals surface area contributed by atoms with E-state index in [1.165, 1.54) is 23.0 Å². The van der Waals surface area contributed by atoms with Gasteiger partial charge in [0.05, 0.1) is 22.7 Å². The molecule has 1 aromatic carbocycles. The number of rotatable bonds is 4. The molecule has 0 radical (unpaired) electrons. The molecule has 0 aliphatic rings. The average molecular weight is 546 g/mol. The second-order valence-electron chi connectivity index (χ2n) is 7.26. The molecule has 3 heterocycles. The molecule has 0 aliphatic heterocycles. The summed E-state index contributed by atoms with van der Waals surface area (Å²) in [7, 11) is 1.48. The Morgan fingerprint density at radius 3 is 2.29 bits per heavy atom. The van der Waals surface area contributed by atoms with E-state index in [0.717, 1.165) is 10.8 Å². The molecule has 3 aromatic heterocycles. The van der Waals surface area contributed by atoms with Gasteiger partial charge in [0.2, 0.25) is 0 Å². The van der Waals surface area contributed by atoms with Crippen molar-refractivity contribution in [1.29, 1.82) is 0 Å². The van der Waals surface area contributed by atoms with Crippen LogP contribution in [0.5, 0.6) is 0 Å². The molecule has 14 heteroatoms. The number of alkyl halides is 6. The Balaban J connectivity index is 1.85. The van der Waals surface area contributed by atoms with Gasteiger partial charge in [0.1, 0.15) is 18.5 Å². The number of halogens is 7. The molecular weight excluding hydrogens is 532 g/mol. The van der Waals surface area contributed by atoms with Crippen LogP contribution < -0.4 is 4.90 Å². The van der Waals surface area contributed by atoms with Crippen molar-refractivity contribution in [2.45, 2.75) is 25.3 Å². The fourth-order valence-corrected chi connectivity index (χ4v) is 3.61. The Hall–Kier alpha value is -3.29. The first kappa shape index (κ1) is 23.9. The number of hydrogen-bond donors (Lipinski definition) is 0. The van der Waals surface area contributed by atoms with Gasteiger partial charge in [-0.2, -0.15) is 36.1 Å². The number of aromatic nitrogens is 6. The van der Waals surface area contributed by atoms with Gasteiger partial charge in [-0.05, 0) is 47.1 Å². The molecule has 0 fully saturated rings. The van der Waals surface area contributed by atoms with Crippen LogP contribution in [0, 0.1) is 0 Å². The minimum Gasteiger partial charge on any atom is -0.349 e. The summed E-state index contributed by atoms with van der Waals surface area (Å²) in [5, 5.41) is 3.74. The summed E-state index contributed by atoms with van der Waals surface area (Å²) in [6, 6.07) is 3.40. The summed E-state index contributed by atoms with van der Waals surface area (Å²) in [6.45, 7) is 1.66. The minimum atomic E-state index is -5.05. The largest absolute Gasteiger partial charge is 0.418 e. The summed E-state index contributed by atoms with van der Waals surface area (Å²) >= 11 is 3.28. The number of nitrogens with zero attached hydrogens (tertiary/aromatic N) is 7. The number of anilines is 1. The molecule has 7 nitrogen and oxygen atoms in total. The van der Waals surface area contributed by atoms with Gasteiger partial charge in [-0.1, -0.05) is 0 Å². The van der Waals surface area contributed by atoms with Crippen molar-refractivity contribution < 1.29 is 26.3 Å². The third-order valence-corrected chi connectivity index (χ3v) is 5.61. The van der Waals surface area contributed by atoms with E-state index in [9.17, 15) is 26.3 Å². The maximum Gasteiger partial charge on any atom is 0.418 e. The van der Waals surface area contributed by atoms with Crippen LogP contribution in [-0.4, -0.2) is 36.8 Å². The standard InChI is InChI=1S/C20H14BrF6N7/c1-10(17-31-9-32-34(17)15-4-3-12(21)7-28-15)33(2)18-13-5-11(19(22,23)24)6-14(20(25,26)27)16(13)29-8-30-18/h3-10H,1-2H3. The molecule has 0 aliphatic carbocycles. The molecule has 4 rings (SSSR count). The molecule has 0 spiro atoms. The first-order chi connectivity index (χ1) is 15.9. The van der Waals surface area contributed by atoms with Crippen molar-refractivity contribution in [1.82, 2.24) is 29.7 Å². The van der Waals surface area contributed by atoms with Crippen LogP contribution in [0.2, 0.25) is 0 Å². The van der Waals surface area contributed by atoms with Crippen molar-refractivity contribution >= 4 is 32.7 Å². The van der Waals surface area contributed by atoms with Gasteiger partial charge in [0.15, 0.2) is 11.6 Å². The van der Waals surface area contributed by atoms with Gasteiger partial charge >= 0.3 is 12.4 Å². The molecule has 4 aromatic rings. The molecule has 178 valence electrons. The lowest BCUT2D eigenvalue weighted by Crippen LogP contribution is -2.26. The summed E-state index contributed by atoms with van der Waals surface area (Å²) in [4.78, 5) is 17.5. The highest BCUT2D eigenvalue weighted by Gasteiger charge is 2.39. The Kier molecular flexibility index (Phi) is 5.96. The third-order valence-electron chi connectivity index (χ3n) is 5.14. The number of fused-ring (bicyclic) bond motifs is 1. The quantitative estimate of drug-likeness (QED) is 0.311. The van der Waals surface area contributed by atoms with Crippen LogP contribution >= 0.6 is 15.9 Å². The van der Waals surface area contributed by atoms with E-state index in [1.807, 2.05) is 0 Å². The van der Waals surface area contributed by atoms with Crippen LogP contribution in [0.3, 0.4) is 0 Å². The van der Waals surface area contributed by atoms with Gasteiger partial charge < -0.3 is 4.90 Å². The van der Waals surface area contributed by atoms with Crippen LogP contribution in [0.4, 0.5) is 32.2 Å². The lowest BCUT2D eigenvalue weighted by Gasteiger charge is -2.27. The zero-order chi connectivity index (χ0) is 24.8. The Bertz CT molecular complexity index is 1330. The van der Waals surface area contributed by atoms with E-state index in [-0.39, 0.29) is 11.9 Å². The highest BCUT2D eigenvalue weighted by atomic mass is 79.9. The molecule has 0 bridgehead atoms. The van der Waals surface area contributed by atoms with Crippen molar-refractivity contribution in [2.24, 2.45) is 0 Å². The topological polar surface area (TPSA) is 72.6 Å². The molecule has 0 amide bonds. The van der Waals surface area contributed by atoms with Crippen molar-refractivity contribution in [3.05, 3.63) is 64.5 Å². The maximum atomic E-state index is 13.6. The first-order valence-electron chi connectivity index (χ1n) is 9.55. The van der Waals surface area contributed by atoms with E-state index in [1.54, 1.807) is 25.3 Å². The van der Waals surface area contributed by atoms with E-state index >= 15 is 0 Å². The number of hydrogen-bond acceptors (Lipinski definition) is 6. The van der Waals surface area contributed by atoms with E-state index in [4.69, 9.17) is 0 Å². The lowest BCUT2D eigenvalue weighted by atomic mass is 10.0. The second kappa shape index (κ2) is 8.49. The molecule has 0 saturated carbocycles. The normalized spacial score (nSPS) is 13.3. The Labute approximate surface area is 196 Å². The molecule has 1 atom stereocenters. The fraction of sp³-hybridized carbons (Fsp3) is 0.250. The van der Waals surface area contributed by atoms with E-state index in [0.29, 0.717) is 17.7 Å². The SMILES string of the molecule is CC(c1ncnn1-c1ccc(Br)cn1)N(C)c1ncnc2c(C(F)(F)F)cc(C(F)(F)F)cc12. The van der Waals surface area contributed by atoms with Crippen LogP contribution in [0.1, 0.15) is 29.9 Å². The first-order valence-corrected chi connectivity index (χ1v) is 10.3. The molecular formula is C20H14BrF6N7. The highest BCUT2D eigenvalue weighted by Crippen LogP contribution is 2.41. The monoisotopic (exact) mass is 545 g/mol. The third kappa shape index (κ3) is 4.41. The summed E-state index contributed by atoms with van der Waals surface area (Å²) < 4.78 is 83.2. The van der Waals surface area contributed by atoms with Crippen molar-refractivity contribution in [3.63, 3.8) is 0 Å². The molecule has 1 unspecified atom stereocenters. The predicted octanol–water partition coefficient (Wildman–Crippen LogP) is 5.60. The predicted molar refractivity (Wildman–Crippen MR) is 113 cm³/mol.